The van der Waals surface area contributed by atoms with Gasteiger partial charge in [-0.3, -0.25) is 4.79 Å². The highest BCUT2D eigenvalue weighted by Gasteiger charge is 2.10. The smallest absolute Gasteiger partial charge is 0.143 e. The Bertz CT molecular complexity index is 327. The Morgan fingerprint density at radius 1 is 1.27 bits per heavy atom. The summed E-state index contributed by atoms with van der Waals surface area (Å²) in [4.78, 5) is 11.0. The van der Waals surface area contributed by atoms with Gasteiger partial charge in [0.1, 0.15) is 5.78 Å². The first-order chi connectivity index (χ1) is 7.00. The predicted octanol–water partition coefficient (Wildman–Crippen LogP) is 3.71. The lowest BCUT2D eigenvalue weighted by Gasteiger charge is -2.08. The van der Waals surface area contributed by atoms with Crippen LogP contribution < -0.4 is 0 Å². The Kier molecular flexibility index (Phi) is 4.52. The fraction of sp³-hybridized carbons (Fsp3) is 0.462. The third-order valence-corrected chi connectivity index (χ3v) is 3.47. The van der Waals surface area contributed by atoms with Crippen molar-refractivity contribution >= 4 is 21.7 Å². The number of hydrogen-bond donors (Lipinski definition) is 0. The molecule has 0 N–H and O–H groups in total. The van der Waals surface area contributed by atoms with E-state index in [9.17, 15) is 4.79 Å². The Hall–Kier alpha value is -0.630. The minimum absolute atomic E-state index is 0.0533. The van der Waals surface area contributed by atoms with Crippen molar-refractivity contribution < 1.29 is 4.79 Å². The minimum Gasteiger partial charge on any atom is -0.299 e. The normalized spacial score (nSPS) is 12.9. The van der Waals surface area contributed by atoms with Gasteiger partial charge in [-0.25, -0.2) is 0 Å². The van der Waals surface area contributed by atoms with Gasteiger partial charge in [-0.2, -0.15) is 0 Å². The van der Waals surface area contributed by atoms with Crippen LogP contribution in [0.2, 0.25) is 0 Å². The molecule has 2 heteroatoms. The number of ketones is 1. The van der Waals surface area contributed by atoms with Gasteiger partial charge in [-0.1, -0.05) is 54.0 Å². The molecule has 82 valence electrons. The van der Waals surface area contributed by atoms with E-state index < -0.39 is 0 Å². The van der Waals surface area contributed by atoms with E-state index in [1.54, 1.807) is 6.92 Å². The van der Waals surface area contributed by atoms with E-state index in [-0.39, 0.29) is 10.6 Å². The molecule has 1 aromatic carbocycles. The molecule has 0 bridgehead atoms. The van der Waals surface area contributed by atoms with E-state index in [0.717, 1.165) is 6.42 Å². The Balaban J connectivity index is 2.68. The molecule has 1 unspecified atom stereocenters. The van der Waals surface area contributed by atoms with E-state index in [1.165, 1.54) is 11.1 Å². The van der Waals surface area contributed by atoms with Crippen LogP contribution in [0.25, 0.3) is 0 Å². The number of Topliss-reactive ketones (excluding diaryl/α,β-unsaturated/α-hetero) is 1. The summed E-state index contributed by atoms with van der Waals surface area (Å²) in [5, 5.41) is 0. The van der Waals surface area contributed by atoms with Gasteiger partial charge in [0.15, 0.2) is 0 Å². The van der Waals surface area contributed by atoms with E-state index >= 15 is 0 Å². The van der Waals surface area contributed by atoms with Crippen LogP contribution in [0.4, 0.5) is 0 Å². The second kappa shape index (κ2) is 5.45. The number of benzene rings is 1. The number of alkyl halides is 1. The lowest BCUT2D eigenvalue weighted by molar-refractivity contribution is -0.116. The average molecular weight is 269 g/mol. The van der Waals surface area contributed by atoms with Crippen molar-refractivity contribution in [2.24, 2.45) is 0 Å². The number of rotatable bonds is 4. The van der Waals surface area contributed by atoms with Crippen LogP contribution in [0.1, 0.15) is 37.8 Å². The number of carbonyl (C=O) groups excluding carboxylic acids is 1. The molecule has 0 fully saturated rings. The van der Waals surface area contributed by atoms with Gasteiger partial charge in [0, 0.05) is 0 Å². The maximum absolute atomic E-state index is 11.1. The van der Waals surface area contributed by atoms with Crippen molar-refractivity contribution in [3.8, 4) is 0 Å². The van der Waals surface area contributed by atoms with Gasteiger partial charge >= 0.3 is 0 Å². The first-order valence-electron chi connectivity index (χ1n) is 5.24. The van der Waals surface area contributed by atoms with Crippen LogP contribution in [0.3, 0.4) is 0 Å². The zero-order valence-electron chi connectivity index (χ0n) is 9.46. The summed E-state index contributed by atoms with van der Waals surface area (Å²) in [5.41, 5.74) is 2.55. The standard InChI is InChI=1S/C13H17BrO/c1-9(2)12-6-4-11(5-7-12)8-13(14)10(3)15/h4-7,9,13H,8H2,1-3H3. The lowest BCUT2D eigenvalue weighted by Crippen LogP contribution is -2.12. The van der Waals surface area contributed by atoms with Crippen molar-refractivity contribution in [2.75, 3.05) is 0 Å². The fourth-order valence-corrected chi connectivity index (χ4v) is 1.76. The molecule has 1 nitrogen and oxygen atoms in total. The summed E-state index contributed by atoms with van der Waals surface area (Å²) in [6, 6.07) is 8.48. The van der Waals surface area contributed by atoms with Crippen LogP contribution in [0, 0.1) is 0 Å². The quantitative estimate of drug-likeness (QED) is 0.761. The minimum atomic E-state index is -0.0533. The van der Waals surface area contributed by atoms with Crippen molar-refractivity contribution in [3.05, 3.63) is 35.4 Å². The van der Waals surface area contributed by atoms with E-state index in [1.807, 2.05) is 0 Å². The van der Waals surface area contributed by atoms with Crippen LogP contribution in [-0.4, -0.2) is 10.6 Å². The van der Waals surface area contributed by atoms with Crippen molar-refractivity contribution in [3.63, 3.8) is 0 Å². The molecular weight excluding hydrogens is 252 g/mol. The third-order valence-electron chi connectivity index (χ3n) is 2.50. The highest BCUT2D eigenvalue weighted by atomic mass is 79.9. The zero-order chi connectivity index (χ0) is 11.4. The molecule has 0 saturated carbocycles. The first-order valence-corrected chi connectivity index (χ1v) is 6.15. The SMILES string of the molecule is CC(=O)C(Br)Cc1ccc(C(C)C)cc1. The van der Waals surface area contributed by atoms with E-state index in [4.69, 9.17) is 0 Å². The Labute approximate surface area is 100 Å². The number of hydrogen-bond acceptors (Lipinski definition) is 1. The van der Waals surface area contributed by atoms with Crippen LogP contribution in [0.15, 0.2) is 24.3 Å². The molecule has 0 aliphatic rings. The molecule has 0 amide bonds. The summed E-state index contributed by atoms with van der Waals surface area (Å²) >= 11 is 3.38. The van der Waals surface area contributed by atoms with Gasteiger partial charge in [-0.15, -0.1) is 0 Å². The second-order valence-electron chi connectivity index (χ2n) is 4.18. The molecule has 1 rings (SSSR count). The number of carbonyl (C=O) groups is 1. The molecule has 15 heavy (non-hydrogen) atoms. The molecule has 1 atom stereocenters. The Morgan fingerprint density at radius 3 is 2.20 bits per heavy atom. The Morgan fingerprint density at radius 2 is 1.80 bits per heavy atom. The molecule has 0 radical (unpaired) electrons. The summed E-state index contributed by atoms with van der Waals surface area (Å²) in [6.07, 6.45) is 0.772. The lowest BCUT2D eigenvalue weighted by atomic mass is 10.00. The fourth-order valence-electron chi connectivity index (χ4n) is 1.39. The van der Waals surface area contributed by atoms with Gasteiger partial charge in [0.2, 0.25) is 0 Å². The molecule has 0 spiro atoms. The predicted molar refractivity (Wildman–Crippen MR) is 67.6 cm³/mol. The molecule has 0 aliphatic carbocycles. The second-order valence-corrected chi connectivity index (χ2v) is 5.28. The highest BCUT2D eigenvalue weighted by molar-refractivity contribution is 9.10. The molecule has 0 heterocycles. The molecule has 0 aliphatic heterocycles. The number of halogens is 1. The average Bonchev–Trinajstić information content (AvgIpc) is 2.18. The van der Waals surface area contributed by atoms with Crippen molar-refractivity contribution in [1.29, 1.82) is 0 Å². The molecule has 0 saturated heterocycles. The highest BCUT2D eigenvalue weighted by Crippen LogP contribution is 2.17. The summed E-state index contributed by atoms with van der Waals surface area (Å²) < 4.78 is 0. The largest absolute Gasteiger partial charge is 0.299 e. The molecular formula is C13H17BrO. The van der Waals surface area contributed by atoms with Crippen LogP contribution in [-0.2, 0) is 11.2 Å². The monoisotopic (exact) mass is 268 g/mol. The zero-order valence-corrected chi connectivity index (χ0v) is 11.0. The van der Waals surface area contributed by atoms with Crippen LogP contribution >= 0.6 is 15.9 Å². The van der Waals surface area contributed by atoms with E-state index in [0.29, 0.717) is 5.92 Å². The van der Waals surface area contributed by atoms with E-state index in [2.05, 4.69) is 54.0 Å². The van der Waals surface area contributed by atoms with Gasteiger partial charge in [0.05, 0.1) is 4.83 Å². The maximum Gasteiger partial charge on any atom is 0.143 e. The summed E-state index contributed by atoms with van der Waals surface area (Å²) in [7, 11) is 0. The molecule has 1 aromatic rings. The van der Waals surface area contributed by atoms with Crippen molar-refractivity contribution in [2.45, 2.75) is 37.9 Å². The van der Waals surface area contributed by atoms with Crippen molar-refractivity contribution in [1.82, 2.24) is 0 Å². The van der Waals surface area contributed by atoms with Gasteiger partial charge in [-0.05, 0) is 30.4 Å². The summed E-state index contributed by atoms with van der Waals surface area (Å²) in [5.74, 6) is 0.745. The van der Waals surface area contributed by atoms with Gasteiger partial charge < -0.3 is 0 Å². The van der Waals surface area contributed by atoms with Gasteiger partial charge in [0.25, 0.3) is 0 Å². The first kappa shape index (κ1) is 12.4. The third kappa shape index (κ3) is 3.78. The van der Waals surface area contributed by atoms with Crippen LogP contribution in [0.5, 0.6) is 0 Å². The topological polar surface area (TPSA) is 17.1 Å². The summed E-state index contributed by atoms with van der Waals surface area (Å²) in [6.45, 7) is 5.97. The maximum atomic E-state index is 11.1. The molecule has 0 aromatic heterocycles.